The van der Waals surface area contributed by atoms with Gasteiger partial charge in [-0.1, -0.05) is 31.2 Å². The number of carbonyl (C=O) groups excluding carboxylic acids is 1. The lowest BCUT2D eigenvalue weighted by atomic mass is 10.1. The van der Waals surface area contributed by atoms with Crippen molar-refractivity contribution in [2.45, 2.75) is 26.8 Å². The van der Waals surface area contributed by atoms with Crippen molar-refractivity contribution in [2.24, 2.45) is 0 Å². The smallest absolute Gasteiger partial charge is 0.345 e. The van der Waals surface area contributed by atoms with E-state index in [1.54, 1.807) is 12.1 Å². The predicted octanol–water partition coefficient (Wildman–Crippen LogP) is 4.58. The molecule has 0 fully saturated rings. The Hall–Kier alpha value is -3.34. The molecule has 2 aromatic carbocycles. The highest BCUT2D eigenvalue weighted by Gasteiger charge is 2.19. The molecule has 1 amide bonds. The Labute approximate surface area is 156 Å². The van der Waals surface area contributed by atoms with Gasteiger partial charge >= 0.3 is 5.63 Å². The molecule has 0 saturated heterocycles. The summed E-state index contributed by atoms with van der Waals surface area (Å²) in [4.78, 5) is 25.3. The van der Waals surface area contributed by atoms with Crippen LogP contribution in [0.3, 0.4) is 0 Å². The number of carbonyl (C=O) groups is 1. The second-order valence-corrected chi connectivity index (χ2v) is 6.43. The minimum atomic E-state index is -0.433. The fourth-order valence-corrected chi connectivity index (χ4v) is 3.44. The van der Waals surface area contributed by atoms with Crippen LogP contribution < -0.4 is 10.9 Å². The first kappa shape index (κ1) is 17.1. The van der Waals surface area contributed by atoms with Crippen LogP contribution in [0.15, 0.2) is 63.8 Å². The van der Waals surface area contributed by atoms with Gasteiger partial charge in [-0.3, -0.25) is 4.79 Å². The van der Waals surface area contributed by atoms with E-state index in [1.807, 2.05) is 54.0 Å². The minimum absolute atomic E-state index is 0.249. The number of para-hydroxylation sites is 1. The zero-order chi connectivity index (χ0) is 19.0. The standard InChI is InChI=1S/C22H20N2O3/c1-3-14-9-11-15(12-10-14)23-21(25)18-13-17-20(24(18)4-2)16-7-5-6-8-19(16)27-22(17)26/h5-13H,3-4H2,1-2H3,(H,23,25). The molecule has 136 valence electrons. The van der Waals surface area contributed by atoms with E-state index in [4.69, 9.17) is 4.42 Å². The van der Waals surface area contributed by atoms with E-state index in [1.165, 1.54) is 5.56 Å². The Balaban J connectivity index is 1.83. The highest BCUT2D eigenvalue weighted by Crippen LogP contribution is 2.26. The zero-order valence-electron chi connectivity index (χ0n) is 15.3. The van der Waals surface area contributed by atoms with Gasteiger partial charge in [0.1, 0.15) is 11.3 Å². The summed E-state index contributed by atoms with van der Waals surface area (Å²) in [5.74, 6) is -0.249. The van der Waals surface area contributed by atoms with Gasteiger partial charge in [0.15, 0.2) is 0 Å². The lowest BCUT2D eigenvalue weighted by Crippen LogP contribution is -2.16. The molecule has 0 aliphatic rings. The van der Waals surface area contributed by atoms with E-state index in [9.17, 15) is 9.59 Å². The molecule has 5 nitrogen and oxygen atoms in total. The molecular weight excluding hydrogens is 340 g/mol. The van der Waals surface area contributed by atoms with Gasteiger partial charge in [-0.05, 0) is 49.2 Å². The molecule has 0 aliphatic carbocycles. The third-order valence-corrected chi connectivity index (χ3v) is 4.83. The van der Waals surface area contributed by atoms with Crippen LogP contribution in [0.25, 0.3) is 21.9 Å². The molecule has 2 heterocycles. The predicted molar refractivity (Wildman–Crippen MR) is 107 cm³/mol. The summed E-state index contributed by atoms with van der Waals surface area (Å²) in [7, 11) is 0. The second kappa shape index (κ2) is 6.76. The van der Waals surface area contributed by atoms with Crippen molar-refractivity contribution < 1.29 is 9.21 Å². The van der Waals surface area contributed by atoms with Gasteiger partial charge in [0.25, 0.3) is 5.91 Å². The van der Waals surface area contributed by atoms with E-state index in [2.05, 4.69) is 12.2 Å². The number of amides is 1. The van der Waals surface area contributed by atoms with E-state index >= 15 is 0 Å². The molecule has 0 aliphatic heterocycles. The van der Waals surface area contributed by atoms with Crippen molar-refractivity contribution in [3.8, 4) is 0 Å². The molecule has 1 N–H and O–H groups in total. The molecule has 27 heavy (non-hydrogen) atoms. The van der Waals surface area contributed by atoms with Crippen LogP contribution in [-0.2, 0) is 13.0 Å². The summed E-state index contributed by atoms with van der Waals surface area (Å²) < 4.78 is 7.28. The normalized spacial score (nSPS) is 11.2. The van der Waals surface area contributed by atoms with Gasteiger partial charge in [0, 0.05) is 17.6 Å². The average molecular weight is 360 g/mol. The molecule has 0 unspecified atom stereocenters. The number of aryl methyl sites for hydroxylation is 2. The van der Waals surface area contributed by atoms with Gasteiger partial charge in [-0.25, -0.2) is 4.79 Å². The Bertz CT molecular complexity index is 1200. The number of anilines is 1. The van der Waals surface area contributed by atoms with Crippen LogP contribution in [0.5, 0.6) is 0 Å². The van der Waals surface area contributed by atoms with Crippen LogP contribution in [0.4, 0.5) is 5.69 Å². The number of aromatic nitrogens is 1. The van der Waals surface area contributed by atoms with Crippen molar-refractivity contribution in [3.05, 3.63) is 76.3 Å². The third-order valence-electron chi connectivity index (χ3n) is 4.83. The van der Waals surface area contributed by atoms with E-state index in [0.717, 1.165) is 23.0 Å². The number of fused-ring (bicyclic) bond motifs is 3. The SMILES string of the molecule is CCc1ccc(NC(=O)c2cc3c(=O)oc4ccccc4c3n2CC)cc1. The molecule has 0 radical (unpaired) electrons. The zero-order valence-corrected chi connectivity index (χ0v) is 15.3. The fourth-order valence-electron chi connectivity index (χ4n) is 3.44. The van der Waals surface area contributed by atoms with Gasteiger partial charge < -0.3 is 14.3 Å². The van der Waals surface area contributed by atoms with E-state index in [0.29, 0.717) is 23.2 Å². The molecule has 4 aromatic rings. The number of nitrogens with one attached hydrogen (secondary N) is 1. The topological polar surface area (TPSA) is 64.2 Å². The molecule has 5 heteroatoms. The van der Waals surface area contributed by atoms with E-state index < -0.39 is 5.63 Å². The first-order valence-corrected chi connectivity index (χ1v) is 9.07. The third kappa shape index (κ3) is 2.91. The average Bonchev–Trinajstić information content (AvgIpc) is 3.09. The molecule has 0 saturated carbocycles. The Morgan fingerprint density at radius 3 is 2.48 bits per heavy atom. The monoisotopic (exact) mass is 360 g/mol. The van der Waals surface area contributed by atoms with Gasteiger partial charge in [0.2, 0.25) is 0 Å². The molecular formula is C22H20N2O3. The van der Waals surface area contributed by atoms with Crippen LogP contribution >= 0.6 is 0 Å². The lowest BCUT2D eigenvalue weighted by Gasteiger charge is -2.10. The van der Waals surface area contributed by atoms with Gasteiger partial charge in [0.05, 0.1) is 10.9 Å². The summed E-state index contributed by atoms with van der Waals surface area (Å²) in [6, 6.07) is 16.8. The molecule has 2 aromatic heterocycles. The maximum absolute atomic E-state index is 12.9. The highest BCUT2D eigenvalue weighted by molar-refractivity contribution is 6.10. The maximum atomic E-state index is 12.9. The summed E-state index contributed by atoms with van der Waals surface area (Å²) in [5, 5.41) is 4.16. The quantitative estimate of drug-likeness (QED) is 0.542. The van der Waals surface area contributed by atoms with Crippen LogP contribution in [-0.4, -0.2) is 10.5 Å². The van der Waals surface area contributed by atoms with Crippen LogP contribution in [0.2, 0.25) is 0 Å². The minimum Gasteiger partial charge on any atom is -0.422 e. The number of nitrogens with zero attached hydrogens (tertiary/aromatic N) is 1. The van der Waals surface area contributed by atoms with Crippen molar-refractivity contribution in [3.63, 3.8) is 0 Å². The van der Waals surface area contributed by atoms with Crippen molar-refractivity contribution in [1.82, 2.24) is 4.57 Å². The molecule has 0 atom stereocenters. The van der Waals surface area contributed by atoms with E-state index in [-0.39, 0.29) is 5.91 Å². The Kier molecular flexibility index (Phi) is 4.28. The first-order chi connectivity index (χ1) is 13.1. The second-order valence-electron chi connectivity index (χ2n) is 6.43. The molecule has 0 spiro atoms. The summed E-state index contributed by atoms with van der Waals surface area (Å²) in [6.45, 7) is 4.60. The Morgan fingerprint density at radius 2 is 1.78 bits per heavy atom. The van der Waals surface area contributed by atoms with Crippen molar-refractivity contribution >= 4 is 33.5 Å². The summed E-state index contributed by atoms with van der Waals surface area (Å²) in [5.41, 5.74) is 3.19. The van der Waals surface area contributed by atoms with Gasteiger partial charge in [-0.2, -0.15) is 0 Å². The first-order valence-electron chi connectivity index (χ1n) is 9.07. The number of rotatable bonds is 4. The maximum Gasteiger partial charge on any atom is 0.345 e. The Morgan fingerprint density at radius 1 is 1.04 bits per heavy atom. The number of hydrogen-bond donors (Lipinski definition) is 1. The molecule has 4 rings (SSSR count). The number of hydrogen-bond acceptors (Lipinski definition) is 3. The van der Waals surface area contributed by atoms with Gasteiger partial charge in [-0.15, -0.1) is 0 Å². The fraction of sp³-hybridized carbons (Fsp3) is 0.182. The summed E-state index contributed by atoms with van der Waals surface area (Å²) >= 11 is 0. The highest BCUT2D eigenvalue weighted by atomic mass is 16.4. The van der Waals surface area contributed by atoms with Crippen LogP contribution in [0, 0.1) is 0 Å². The summed E-state index contributed by atoms with van der Waals surface area (Å²) in [6.07, 6.45) is 0.946. The lowest BCUT2D eigenvalue weighted by molar-refractivity contribution is 0.101. The molecule has 0 bridgehead atoms. The van der Waals surface area contributed by atoms with Crippen molar-refractivity contribution in [1.29, 1.82) is 0 Å². The largest absolute Gasteiger partial charge is 0.422 e. The van der Waals surface area contributed by atoms with Crippen LogP contribution in [0.1, 0.15) is 29.9 Å². The number of benzene rings is 2. The van der Waals surface area contributed by atoms with Crippen molar-refractivity contribution in [2.75, 3.05) is 5.32 Å².